The summed E-state index contributed by atoms with van der Waals surface area (Å²) in [7, 11) is -3.01. The van der Waals surface area contributed by atoms with Crippen LogP contribution >= 0.6 is 7.14 Å². The van der Waals surface area contributed by atoms with Gasteiger partial charge in [0.2, 0.25) is 0 Å². The highest BCUT2D eigenvalue weighted by atomic mass is 31.2. The van der Waals surface area contributed by atoms with Gasteiger partial charge in [-0.1, -0.05) is 182 Å². The molecule has 9 rings (SSSR count). The van der Waals surface area contributed by atoms with Crippen LogP contribution in [0, 0.1) is 0 Å². The molecule has 9 aromatic carbocycles. The maximum absolute atomic E-state index is 14.8. The Bertz CT molecular complexity index is 2620. The molecule has 0 N–H and O–H groups in total. The maximum Gasteiger partial charge on any atom is 0.171 e. The maximum atomic E-state index is 14.8. The Kier molecular flexibility index (Phi) is 6.82. The normalized spacial score (nSPS) is 11.8. The highest BCUT2D eigenvalue weighted by Crippen LogP contribution is 2.44. The van der Waals surface area contributed by atoms with Crippen LogP contribution in [0.25, 0.3) is 65.3 Å². The summed E-state index contributed by atoms with van der Waals surface area (Å²) in [5, 5.41) is 12.8. The van der Waals surface area contributed by atoms with Gasteiger partial charge >= 0.3 is 0 Å². The topological polar surface area (TPSA) is 17.1 Å². The predicted octanol–water partition coefficient (Wildman–Crippen LogP) is 11.3. The largest absolute Gasteiger partial charge is 0.309 e. The molecule has 0 spiro atoms. The fourth-order valence-electron chi connectivity index (χ4n) is 7.43. The fraction of sp³-hybridized carbons (Fsp3) is 0. The Labute approximate surface area is 280 Å². The van der Waals surface area contributed by atoms with E-state index in [0.29, 0.717) is 0 Å². The quantitative estimate of drug-likeness (QED) is 0.137. The molecule has 0 saturated carbocycles. The highest BCUT2D eigenvalue weighted by molar-refractivity contribution is 7.85. The Balaban J connectivity index is 1.15. The zero-order valence-corrected chi connectivity index (χ0v) is 27.1. The van der Waals surface area contributed by atoms with Crippen LogP contribution in [0.4, 0.5) is 0 Å². The third-order valence-corrected chi connectivity index (χ3v) is 12.8. The van der Waals surface area contributed by atoms with Crippen LogP contribution < -0.4 is 15.9 Å². The highest BCUT2D eigenvalue weighted by Gasteiger charge is 2.29. The zero-order valence-electron chi connectivity index (χ0n) is 26.3. The van der Waals surface area contributed by atoms with Crippen LogP contribution in [0.1, 0.15) is 0 Å². The van der Waals surface area contributed by atoms with Gasteiger partial charge in [-0.3, -0.25) is 0 Å². The first-order chi connectivity index (χ1) is 23.7. The van der Waals surface area contributed by atoms with Crippen LogP contribution in [-0.4, -0.2) is 0 Å². The van der Waals surface area contributed by atoms with Crippen molar-refractivity contribution in [2.24, 2.45) is 0 Å². The van der Waals surface area contributed by atoms with E-state index >= 15 is 0 Å². The first-order valence-electron chi connectivity index (χ1n) is 16.4. The third kappa shape index (κ3) is 4.51. The molecule has 0 fully saturated rings. The lowest BCUT2D eigenvalue weighted by Crippen LogP contribution is -2.24. The Morgan fingerprint density at radius 1 is 0.292 bits per heavy atom. The number of benzene rings is 9. The lowest BCUT2D eigenvalue weighted by molar-refractivity contribution is 0.592. The van der Waals surface area contributed by atoms with E-state index in [9.17, 15) is 4.57 Å². The number of hydrogen-bond donors (Lipinski definition) is 0. The Morgan fingerprint density at radius 2 is 0.646 bits per heavy atom. The molecule has 0 radical (unpaired) electrons. The van der Waals surface area contributed by atoms with Gasteiger partial charge in [-0.2, -0.15) is 0 Å². The molecule has 9 aromatic rings. The van der Waals surface area contributed by atoms with Crippen molar-refractivity contribution in [1.82, 2.24) is 0 Å². The summed E-state index contributed by atoms with van der Waals surface area (Å²) < 4.78 is 14.8. The molecule has 226 valence electrons. The van der Waals surface area contributed by atoms with Crippen molar-refractivity contribution in [3.8, 4) is 22.3 Å². The Morgan fingerprint density at radius 3 is 1.19 bits per heavy atom. The van der Waals surface area contributed by atoms with Crippen LogP contribution in [0.5, 0.6) is 0 Å². The lowest BCUT2D eigenvalue weighted by atomic mass is 9.87. The van der Waals surface area contributed by atoms with E-state index in [4.69, 9.17) is 0 Å². The second-order valence-corrected chi connectivity index (χ2v) is 15.2. The van der Waals surface area contributed by atoms with E-state index in [1.54, 1.807) is 0 Å². The number of hydrogen-bond acceptors (Lipinski definition) is 1. The monoisotopic (exact) mass is 630 g/mol. The van der Waals surface area contributed by atoms with Gasteiger partial charge in [0.05, 0.1) is 0 Å². The summed E-state index contributed by atoms with van der Waals surface area (Å²) in [6.45, 7) is 0. The van der Waals surface area contributed by atoms with Crippen LogP contribution in [0.2, 0.25) is 0 Å². The van der Waals surface area contributed by atoms with Crippen molar-refractivity contribution in [3.63, 3.8) is 0 Å². The van der Waals surface area contributed by atoms with Gasteiger partial charge in [-0.05, 0) is 71.4 Å². The number of fused-ring (bicyclic) bond motifs is 8. The van der Waals surface area contributed by atoms with Crippen molar-refractivity contribution < 1.29 is 4.57 Å². The minimum atomic E-state index is -3.01. The molecule has 0 atom stereocenters. The third-order valence-electron chi connectivity index (χ3n) is 9.75. The molecular weight excluding hydrogens is 599 g/mol. The number of rotatable bonds is 5. The predicted molar refractivity (Wildman–Crippen MR) is 207 cm³/mol. The second kappa shape index (κ2) is 11.5. The van der Waals surface area contributed by atoms with Crippen molar-refractivity contribution in [2.75, 3.05) is 0 Å². The van der Waals surface area contributed by atoms with E-state index in [-0.39, 0.29) is 0 Å². The molecule has 0 bridgehead atoms. The van der Waals surface area contributed by atoms with Gasteiger partial charge < -0.3 is 4.57 Å². The first-order valence-corrected chi connectivity index (χ1v) is 18.1. The summed E-state index contributed by atoms with van der Waals surface area (Å²) in [5.41, 5.74) is 4.63. The van der Waals surface area contributed by atoms with Gasteiger partial charge in [0.25, 0.3) is 0 Å². The van der Waals surface area contributed by atoms with E-state index in [1.165, 1.54) is 54.2 Å². The summed E-state index contributed by atoms with van der Waals surface area (Å²) in [5.74, 6) is 0. The van der Waals surface area contributed by atoms with E-state index in [0.717, 1.165) is 27.0 Å². The van der Waals surface area contributed by atoms with Crippen LogP contribution in [0.15, 0.2) is 188 Å². The molecule has 0 aliphatic carbocycles. The summed E-state index contributed by atoms with van der Waals surface area (Å²) in [6, 6.07) is 65.6. The van der Waals surface area contributed by atoms with Crippen molar-refractivity contribution in [2.45, 2.75) is 0 Å². The van der Waals surface area contributed by atoms with E-state index in [2.05, 4.69) is 115 Å². The Hall–Kier alpha value is -5.75. The van der Waals surface area contributed by atoms with Gasteiger partial charge in [-0.15, -0.1) is 0 Å². The standard InChI is InChI=1S/C46H31OP/c47-48(35-13-3-1-4-14-35,36-15-5-2-6-16-36)37-29-27-33(28-30-37)32-23-25-34(26-24-32)44-31-45-40-19-8-7-17-38(40)39-18-9-11-21-42(39)46(45)43-22-12-10-20-41(43)44/h1-31H. The van der Waals surface area contributed by atoms with E-state index < -0.39 is 7.14 Å². The molecular formula is C46H31OP. The summed E-state index contributed by atoms with van der Waals surface area (Å²) >= 11 is 0. The molecule has 0 saturated heterocycles. The van der Waals surface area contributed by atoms with Crippen molar-refractivity contribution >= 4 is 66.1 Å². The molecule has 0 aliphatic rings. The first kappa shape index (κ1) is 28.5. The molecule has 0 aliphatic heterocycles. The van der Waals surface area contributed by atoms with Gasteiger partial charge in [0, 0.05) is 15.9 Å². The second-order valence-electron chi connectivity index (χ2n) is 12.4. The summed E-state index contributed by atoms with van der Waals surface area (Å²) in [4.78, 5) is 0. The van der Waals surface area contributed by atoms with Crippen molar-refractivity contribution in [1.29, 1.82) is 0 Å². The molecule has 1 nitrogen and oxygen atoms in total. The van der Waals surface area contributed by atoms with Gasteiger partial charge in [-0.25, -0.2) is 0 Å². The molecule has 0 unspecified atom stereocenters. The molecule has 0 heterocycles. The molecule has 2 heteroatoms. The average Bonchev–Trinajstić information content (AvgIpc) is 3.18. The molecule has 0 amide bonds. The fourth-order valence-corrected chi connectivity index (χ4v) is 10.1. The van der Waals surface area contributed by atoms with Gasteiger partial charge in [0.15, 0.2) is 7.14 Å². The average molecular weight is 631 g/mol. The van der Waals surface area contributed by atoms with Crippen LogP contribution in [0.3, 0.4) is 0 Å². The smallest absolute Gasteiger partial charge is 0.171 e. The van der Waals surface area contributed by atoms with Crippen molar-refractivity contribution in [3.05, 3.63) is 188 Å². The molecule has 0 aromatic heterocycles. The van der Waals surface area contributed by atoms with E-state index in [1.807, 2.05) is 72.8 Å². The minimum absolute atomic E-state index is 0.836. The SMILES string of the molecule is O=P(c1ccccc1)(c1ccccc1)c1ccc(-c2ccc(-c3cc4c5ccccc5c5ccccc5c4c4ccccc34)cc2)cc1. The summed E-state index contributed by atoms with van der Waals surface area (Å²) in [6.07, 6.45) is 0. The lowest BCUT2D eigenvalue weighted by Gasteiger charge is -2.20. The minimum Gasteiger partial charge on any atom is -0.309 e. The zero-order chi connectivity index (χ0) is 32.1. The van der Waals surface area contributed by atoms with Crippen LogP contribution in [-0.2, 0) is 4.57 Å². The van der Waals surface area contributed by atoms with Gasteiger partial charge in [0.1, 0.15) is 0 Å². The molecule has 48 heavy (non-hydrogen) atoms.